The third kappa shape index (κ3) is 2.66. The fourth-order valence-corrected chi connectivity index (χ4v) is 3.07. The number of ketones is 1. The molecule has 2 atom stereocenters. The maximum Gasteiger partial charge on any atom is 0.168 e. The number of rotatable bonds is 4. The summed E-state index contributed by atoms with van der Waals surface area (Å²) in [6.45, 7) is 2.77. The fraction of sp³-hybridized carbons (Fsp3) is 0.389. The molecule has 0 aromatic heterocycles. The molecular weight excluding hydrogens is 264 g/mol. The first-order valence-electron chi connectivity index (χ1n) is 7.46. The van der Waals surface area contributed by atoms with Gasteiger partial charge in [-0.05, 0) is 41.8 Å². The molecule has 1 saturated heterocycles. The van der Waals surface area contributed by atoms with Gasteiger partial charge in [0.05, 0.1) is 19.1 Å². The predicted molar refractivity (Wildman–Crippen MR) is 83.0 cm³/mol. The number of benzene rings is 2. The molecule has 3 rings (SSSR count). The van der Waals surface area contributed by atoms with Crippen LogP contribution in [0.4, 0.5) is 0 Å². The fourth-order valence-electron chi connectivity index (χ4n) is 3.07. The number of methoxy groups -OCH3 is 1. The van der Waals surface area contributed by atoms with E-state index < -0.39 is 0 Å². The number of carbonyl (C=O) groups excluding carboxylic acids is 1. The van der Waals surface area contributed by atoms with Crippen molar-refractivity contribution >= 4 is 16.6 Å². The Hall–Kier alpha value is -1.87. The van der Waals surface area contributed by atoms with Crippen molar-refractivity contribution in [2.45, 2.75) is 25.9 Å². The molecule has 21 heavy (non-hydrogen) atoms. The second-order valence-corrected chi connectivity index (χ2v) is 5.50. The topological polar surface area (TPSA) is 35.5 Å². The van der Waals surface area contributed by atoms with Crippen LogP contribution < -0.4 is 4.74 Å². The Labute approximate surface area is 124 Å². The SMILES string of the molecule is CCC1OCCC1C(=O)c1ccc2cc(OC)ccc2c1. The zero-order valence-corrected chi connectivity index (χ0v) is 12.5. The molecule has 0 saturated carbocycles. The highest BCUT2D eigenvalue weighted by atomic mass is 16.5. The van der Waals surface area contributed by atoms with Crippen molar-refractivity contribution in [2.75, 3.05) is 13.7 Å². The van der Waals surface area contributed by atoms with Gasteiger partial charge in [-0.1, -0.05) is 25.1 Å². The van der Waals surface area contributed by atoms with Gasteiger partial charge in [0.25, 0.3) is 0 Å². The average Bonchev–Trinajstić information content (AvgIpc) is 3.01. The van der Waals surface area contributed by atoms with Gasteiger partial charge < -0.3 is 9.47 Å². The van der Waals surface area contributed by atoms with Crippen LogP contribution in [-0.2, 0) is 4.74 Å². The third-order valence-corrected chi connectivity index (χ3v) is 4.28. The summed E-state index contributed by atoms with van der Waals surface area (Å²) in [4.78, 5) is 12.7. The normalized spacial score (nSPS) is 21.6. The quantitative estimate of drug-likeness (QED) is 0.800. The molecule has 110 valence electrons. The molecule has 1 heterocycles. The van der Waals surface area contributed by atoms with Gasteiger partial charge in [0.2, 0.25) is 0 Å². The Morgan fingerprint density at radius 2 is 2.00 bits per heavy atom. The molecule has 2 aromatic carbocycles. The van der Waals surface area contributed by atoms with Gasteiger partial charge in [0.15, 0.2) is 5.78 Å². The van der Waals surface area contributed by atoms with Gasteiger partial charge in [-0.25, -0.2) is 0 Å². The molecule has 0 spiro atoms. The molecule has 1 aliphatic rings. The van der Waals surface area contributed by atoms with E-state index in [1.54, 1.807) is 7.11 Å². The van der Waals surface area contributed by atoms with Crippen molar-refractivity contribution < 1.29 is 14.3 Å². The van der Waals surface area contributed by atoms with Gasteiger partial charge in [-0.3, -0.25) is 4.79 Å². The standard InChI is InChI=1S/C18H20O3/c1-3-17-16(8-9-21-17)18(19)14-5-4-13-11-15(20-2)7-6-12(13)10-14/h4-7,10-11,16-17H,3,8-9H2,1-2H3. The predicted octanol–water partition coefficient (Wildman–Crippen LogP) is 3.85. The van der Waals surface area contributed by atoms with Crippen molar-refractivity contribution in [2.24, 2.45) is 5.92 Å². The smallest absolute Gasteiger partial charge is 0.168 e. The summed E-state index contributed by atoms with van der Waals surface area (Å²) in [5.74, 6) is 1.04. The summed E-state index contributed by atoms with van der Waals surface area (Å²) in [5.41, 5.74) is 0.779. The summed E-state index contributed by atoms with van der Waals surface area (Å²) in [5, 5.41) is 2.15. The van der Waals surface area contributed by atoms with Crippen LogP contribution in [0.15, 0.2) is 36.4 Å². The highest BCUT2D eigenvalue weighted by Crippen LogP contribution is 2.29. The highest BCUT2D eigenvalue weighted by molar-refractivity contribution is 6.01. The van der Waals surface area contributed by atoms with Crippen molar-refractivity contribution in [1.82, 2.24) is 0 Å². The molecule has 3 heteroatoms. The number of ether oxygens (including phenoxy) is 2. The molecule has 2 aromatic rings. The van der Waals surface area contributed by atoms with E-state index in [1.807, 2.05) is 36.4 Å². The van der Waals surface area contributed by atoms with Gasteiger partial charge in [0, 0.05) is 12.2 Å². The molecule has 0 amide bonds. The minimum absolute atomic E-state index is 0.00528. The number of hydrogen-bond donors (Lipinski definition) is 0. The highest BCUT2D eigenvalue weighted by Gasteiger charge is 2.33. The summed E-state index contributed by atoms with van der Waals surface area (Å²) in [7, 11) is 1.66. The Morgan fingerprint density at radius 1 is 1.24 bits per heavy atom. The molecule has 2 unspecified atom stereocenters. The molecule has 0 radical (unpaired) electrons. The summed E-state index contributed by atoms with van der Waals surface area (Å²) >= 11 is 0. The van der Waals surface area contributed by atoms with E-state index in [-0.39, 0.29) is 17.8 Å². The third-order valence-electron chi connectivity index (χ3n) is 4.28. The van der Waals surface area contributed by atoms with E-state index in [1.165, 1.54) is 0 Å². The van der Waals surface area contributed by atoms with E-state index >= 15 is 0 Å². The minimum Gasteiger partial charge on any atom is -0.497 e. The van der Waals surface area contributed by atoms with Crippen LogP contribution >= 0.6 is 0 Å². The lowest BCUT2D eigenvalue weighted by Crippen LogP contribution is -2.23. The summed E-state index contributed by atoms with van der Waals surface area (Å²) < 4.78 is 10.9. The van der Waals surface area contributed by atoms with Crippen molar-refractivity contribution in [1.29, 1.82) is 0 Å². The summed E-state index contributed by atoms with van der Waals surface area (Å²) in [6, 6.07) is 11.8. The second kappa shape index (κ2) is 5.86. The zero-order chi connectivity index (χ0) is 14.8. The molecule has 0 aliphatic carbocycles. The Bertz CT molecular complexity index is 663. The van der Waals surface area contributed by atoms with Gasteiger partial charge in [0.1, 0.15) is 5.75 Å². The van der Waals surface area contributed by atoms with Gasteiger partial charge >= 0.3 is 0 Å². The van der Waals surface area contributed by atoms with Crippen molar-refractivity contribution in [3.8, 4) is 5.75 Å². The van der Waals surface area contributed by atoms with Crippen LogP contribution in [0.2, 0.25) is 0 Å². The monoisotopic (exact) mass is 284 g/mol. The average molecular weight is 284 g/mol. The van der Waals surface area contributed by atoms with E-state index in [4.69, 9.17) is 9.47 Å². The zero-order valence-electron chi connectivity index (χ0n) is 12.5. The van der Waals surface area contributed by atoms with Crippen molar-refractivity contribution in [3.63, 3.8) is 0 Å². The lowest BCUT2D eigenvalue weighted by molar-refractivity contribution is 0.0689. The van der Waals surface area contributed by atoms with Crippen LogP contribution in [0.5, 0.6) is 5.75 Å². The van der Waals surface area contributed by atoms with Gasteiger partial charge in [-0.15, -0.1) is 0 Å². The van der Waals surface area contributed by atoms with Crippen LogP contribution in [0.1, 0.15) is 30.1 Å². The lowest BCUT2D eigenvalue weighted by atomic mass is 9.90. The van der Waals surface area contributed by atoms with Crippen LogP contribution in [-0.4, -0.2) is 25.6 Å². The maximum absolute atomic E-state index is 12.7. The first-order chi connectivity index (χ1) is 10.2. The number of carbonyl (C=O) groups is 1. The lowest BCUT2D eigenvalue weighted by Gasteiger charge is -2.15. The second-order valence-electron chi connectivity index (χ2n) is 5.50. The largest absolute Gasteiger partial charge is 0.497 e. The van der Waals surface area contributed by atoms with Crippen LogP contribution in [0, 0.1) is 5.92 Å². The Kier molecular flexibility index (Phi) is 3.93. The molecule has 1 fully saturated rings. The Morgan fingerprint density at radius 3 is 2.76 bits per heavy atom. The molecular formula is C18H20O3. The molecule has 1 aliphatic heterocycles. The van der Waals surface area contributed by atoms with Crippen LogP contribution in [0.3, 0.4) is 0 Å². The first kappa shape index (κ1) is 14.1. The van der Waals surface area contributed by atoms with Gasteiger partial charge in [-0.2, -0.15) is 0 Å². The molecule has 3 nitrogen and oxygen atoms in total. The van der Waals surface area contributed by atoms with E-state index in [0.717, 1.165) is 34.9 Å². The van der Waals surface area contributed by atoms with E-state index in [2.05, 4.69) is 6.92 Å². The van der Waals surface area contributed by atoms with E-state index in [0.29, 0.717) is 6.61 Å². The summed E-state index contributed by atoms with van der Waals surface area (Å²) in [6.07, 6.45) is 1.79. The molecule has 0 N–H and O–H groups in total. The number of fused-ring (bicyclic) bond motifs is 1. The van der Waals surface area contributed by atoms with Crippen molar-refractivity contribution in [3.05, 3.63) is 42.0 Å². The maximum atomic E-state index is 12.7. The van der Waals surface area contributed by atoms with E-state index in [9.17, 15) is 4.79 Å². The first-order valence-corrected chi connectivity index (χ1v) is 7.46. The Balaban J connectivity index is 1.92. The number of hydrogen-bond acceptors (Lipinski definition) is 3. The minimum atomic E-state index is 0.00528. The molecule has 0 bridgehead atoms. The van der Waals surface area contributed by atoms with Crippen LogP contribution in [0.25, 0.3) is 10.8 Å². The number of Topliss-reactive ketones (excluding diaryl/α,β-unsaturated/α-hetero) is 1.